The summed E-state index contributed by atoms with van der Waals surface area (Å²) in [7, 11) is 0. The van der Waals surface area contributed by atoms with Crippen LogP contribution in [0.1, 0.15) is 45.4 Å². The number of carbonyl (C=O) groups is 2. The Morgan fingerprint density at radius 2 is 2.29 bits per heavy atom. The van der Waals surface area contributed by atoms with E-state index in [4.69, 9.17) is 0 Å². The van der Waals surface area contributed by atoms with Crippen molar-refractivity contribution in [2.45, 2.75) is 45.4 Å². The van der Waals surface area contributed by atoms with Gasteiger partial charge in [-0.05, 0) is 19.3 Å². The number of carbonyl (C=O) groups excluding carboxylic acids is 2. The van der Waals surface area contributed by atoms with Gasteiger partial charge >= 0.3 is 0 Å². The van der Waals surface area contributed by atoms with E-state index in [1.54, 1.807) is 0 Å². The van der Waals surface area contributed by atoms with Gasteiger partial charge in [-0.25, -0.2) is 0 Å². The lowest BCUT2D eigenvalue weighted by molar-refractivity contribution is -0.135. The zero-order chi connectivity index (χ0) is 10.4. The van der Waals surface area contributed by atoms with Gasteiger partial charge in [-0.15, -0.1) is 0 Å². The maximum absolute atomic E-state index is 11.6. The van der Waals surface area contributed by atoms with Crippen LogP contribution in [-0.4, -0.2) is 18.2 Å². The smallest absolute Gasteiger partial charge is 0.230 e. The summed E-state index contributed by atoms with van der Waals surface area (Å²) in [4.78, 5) is 23.0. The van der Waals surface area contributed by atoms with Crippen molar-refractivity contribution in [1.29, 1.82) is 0 Å². The minimum absolute atomic E-state index is 0.0576. The van der Waals surface area contributed by atoms with E-state index in [2.05, 4.69) is 12.2 Å². The summed E-state index contributed by atoms with van der Waals surface area (Å²) >= 11 is 0. The second-order valence-corrected chi connectivity index (χ2v) is 3.91. The fourth-order valence-electron chi connectivity index (χ4n) is 1.80. The summed E-state index contributed by atoms with van der Waals surface area (Å²) in [5, 5.41) is 2.74. The Morgan fingerprint density at radius 1 is 1.50 bits per heavy atom. The largest absolute Gasteiger partial charge is 0.355 e. The van der Waals surface area contributed by atoms with Crippen LogP contribution in [0.4, 0.5) is 0 Å². The second kappa shape index (κ2) is 5.78. The number of Topliss-reactive ketones (excluding diaryl/α,β-unsaturated/α-hetero) is 1. The van der Waals surface area contributed by atoms with Crippen molar-refractivity contribution in [3.8, 4) is 0 Å². The molecular weight excluding hydrogens is 178 g/mol. The molecule has 0 aromatic heterocycles. The average Bonchev–Trinajstić information content (AvgIpc) is 2.18. The molecule has 0 aromatic rings. The molecule has 0 aromatic carbocycles. The van der Waals surface area contributed by atoms with Crippen molar-refractivity contribution in [3.05, 3.63) is 0 Å². The van der Waals surface area contributed by atoms with Crippen LogP contribution in [0.5, 0.6) is 0 Å². The van der Waals surface area contributed by atoms with E-state index < -0.39 is 0 Å². The predicted octanol–water partition coefficient (Wildman–Crippen LogP) is 1.66. The molecule has 0 saturated carbocycles. The number of unbranched alkanes of at least 4 members (excludes halogenated alkanes) is 2. The summed E-state index contributed by atoms with van der Waals surface area (Å²) in [6, 6.07) is 0. The topological polar surface area (TPSA) is 46.2 Å². The van der Waals surface area contributed by atoms with Gasteiger partial charge in [0.25, 0.3) is 0 Å². The summed E-state index contributed by atoms with van der Waals surface area (Å²) in [6.07, 6.45) is 5.39. The lowest BCUT2D eigenvalue weighted by atomic mass is 9.91. The molecular formula is C11H19NO2. The van der Waals surface area contributed by atoms with Crippen molar-refractivity contribution in [3.63, 3.8) is 0 Å². The summed E-state index contributed by atoms with van der Waals surface area (Å²) < 4.78 is 0. The van der Waals surface area contributed by atoms with Gasteiger partial charge in [0.2, 0.25) is 5.91 Å². The number of hydrogen-bond acceptors (Lipinski definition) is 2. The summed E-state index contributed by atoms with van der Waals surface area (Å²) in [6.45, 7) is 2.84. The molecule has 1 aliphatic rings. The fraction of sp³-hybridized carbons (Fsp3) is 0.818. The van der Waals surface area contributed by atoms with Gasteiger partial charge < -0.3 is 5.32 Å². The highest BCUT2D eigenvalue weighted by atomic mass is 16.2. The lowest BCUT2D eigenvalue weighted by Crippen LogP contribution is -2.40. The van der Waals surface area contributed by atoms with E-state index in [1.165, 1.54) is 0 Å². The molecule has 0 aliphatic carbocycles. The number of amides is 1. The first-order valence-corrected chi connectivity index (χ1v) is 5.56. The highest BCUT2D eigenvalue weighted by Gasteiger charge is 2.27. The molecule has 1 fully saturated rings. The quantitative estimate of drug-likeness (QED) is 0.538. The first kappa shape index (κ1) is 11.2. The Morgan fingerprint density at radius 3 is 2.93 bits per heavy atom. The van der Waals surface area contributed by atoms with Gasteiger partial charge in [0, 0.05) is 13.0 Å². The number of rotatable bonds is 5. The minimum atomic E-state index is -0.347. The molecule has 1 unspecified atom stereocenters. The molecule has 3 heteroatoms. The molecule has 0 bridgehead atoms. The van der Waals surface area contributed by atoms with E-state index in [-0.39, 0.29) is 17.6 Å². The Kier molecular flexibility index (Phi) is 4.63. The molecule has 1 amide bonds. The summed E-state index contributed by atoms with van der Waals surface area (Å²) in [5.74, 6) is -0.269. The van der Waals surface area contributed by atoms with Crippen molar-refractivity contribution in [1.82, 2.24) is 5.32 Å². The molecule has 1 N–H and O–H groups in total. The van der Waals surface area contributed by atoms with Crippen molar-refractivity contribution < 1.29 is 9.59 Å². The maximum atomic E-state index is 11.6. The molecule has 1 rings (SSSR count). The molecule has 80 valence electrons. The summed E-state index contributed by atoms with van der Waals surface area (Å²) in [5.41, 5.74) is 0. The molecule has 0 radical (unpaired) electrons. The molecule has 0 spiro atoms. The predicted molar refractivity (Wildman–Crippen MR) is 54.9 cm³/mol. The van der Waals surface area contributed by atoms with Crippen LogP contribution in [0.2, 0.25) is 0 Å². The molecule has 1 heterocycles. The Bertz CT molecular complexity index is 213. The Labute approximate surface area is 85.3 Å². The van der Waals surface area contributed by atoms with Gasteiger partial charge in [0.1, 0.15) is 5.78 Å². The van der Waals surface area contributed by atoms with E-state index in [0.717, 1.165) is 38.6 Å². The van der Waals surface area contributed by atoms with Crippen molar-refractivity contribution >= 4 is 11.7 Å². The monoisotopic (exact) mass is 197 g/mol. The molecule has 1 saturated heterocycles. The highest BCUT2D eigenvalue weighted by molar-refractivity contribution is 6.01. The van der Waals surface area contributed by atoms with E-state index >= 15 is 0 Å². The average molecular weight is 197 g/mol. The number of ketones is 1. The fourth-order valence-corrected chi connectivity index (χ4v) is 1.80. The van der Waals surface area contributed by atoms with Gasteiger partial charge in [-0.3, -0.25) is 9.59 Å². The van der Waals surface area contributed by atoms with Gasteiger partial charge in [-0.1, -0.05) is 19.8 Å². The van der Waals surface area contributed by atoms with Gasteiger partial charge in [-0.2, -0.15) is 0 Å². The second-order valence-electron chi connectivity index (χ2n) is 3.91. The van der Waals surface area contributed by atoms with Crippen molar-refractivity contribution in [2.75, 3.05) is 6.54 Å². The van der Waals surface area contributed by atoms with E-state index in [1.807, 2.05) is 0 Å². The number of piperidine rings is 1. The zero-order valence-corrected chi connectivity index (χ0v) is 8.84. The first-order valence-electron chi connectivity index (χ1n) is 5.56. The molecule has 1 aliphatic heterocycles. The highest BCUT2D eigenvalue weighted by Crippen LogP contribution is 2.15. The van der Waals surface area contributed by atoms with Crippen LogP contribution >= 0.6 is 0 Å². The maximum Gasteiger partial charge on any atom is 0.230 e. The standard InChI is InChI=1S/C11H19NO2/c1-2-3-4-7-10(13)9-6-5-8-12-11(9)14/h9H,2-8H2,1H3,(H,12,14). The van der Waals surface area contributed by atoms with E-state index in [0.29, 0.717) is 6.42 Å². The van der Waals surface area contributed by atoms with Gasteiger partial charge in [0.05, 0.1) is 5.92 Å². The van der Waals surface area contributed by atoms with Crippen molar-refractivity contribution in [2.24, 2.45) is 5.92 Å². The Balaban J connectivity index is 2.31. The molecule has 14 heavy (non-hydrogen) atoms. The third-order valence-corrected chi connectivity index (χ3v) is 2.70. The normalized spacial score (nSPS) is 21.8. The molecule has 3 nitrogen and oxygen atoms in total. The minimum Gasteiger partial charge on any atom is -0.355 e. The van der Waals surface area contributed by atoms with Crippen LogP contribution in [0.25, 0.3) is 0 Å². The first-order chi connectivity index (χ1) is 6.75. The number of nitrogens with one attached hydrogen (secondary N) is 1. The number of hydrogen-bond donors (Lipinski definition) is 1. The lowest BCUT2D eigenvalue weighted by Gasteiger charge is -2.20. The third kappa shape index (κ3) is 3.13. The van der Waals surface area contributed by atoms with Gasteiger partial charge in [0.15, 0.2) is 0 Å². The van der Waals surface area contributed by atoms with Crippen LogP contribution in [-0.2, 0) is 9.59 Å². The van der Waals surface area contributed by atoms with Crippen LogP contribution < -0.4 is 5.32 Å². The van der Waals surface area contributed by atoms with Crippen LogP contribution in [0.15, 0.2) is 0 Å². The zero-order valence-electron chi connectivity index (χ0n) is 8.84. The van der Waals surface area contributed by atoms with E-state index in [9.17, 15) is 9.59 Å². The SMILES string of the molecule is CCCCCC(=O)C1CCCNC1=O. The Hall–Kier alpha value is -0.860. The third-order valence-electron chi connectivity index (χ3n) is 2.70. The molecule has 1 atom stereocenters. The van der Waals surface area contributed by atoms with Crippen LogP contribution in [0.3, 0.4) is 0 Å². The van der Waals surface area contributed by atoms with Crippen LogP contribution in [0, 0.1) is 5.92 Å².